The summed E-state index contributed by atoms with van der Waals surface area (Å²) in [7, 11) is 0. The molecule has 0 fully saturated rings. The fraction of sp³-hybridized carbons (Fsp3) is 0.357. The van der Waals surface area contributed by atoms with Crippen molar-refractivity contribution in [3.8, 4) is 5.75 Å². The van der Waals surface area contributed by atoms with Crippen LogP contribution in [0.4, 0.5) is 8.78 Å². The maximum atomic E-state index is 12.0. The zero-order valence-electron chi connectivity index (χ0n) is 11.1. The van der Waals surface area contributed by atoms with Gasteiger partial charge < -0.3 is 15.2 Å². The minimum atomic E-state index is -2.85. The molecule has 1 unspecified atom stereocenters. The zero-order valence-corrected chi connectivity index (χ0v) is 11.1. The van der Waals surface area contributed by atoms with E-state index in [0.29, 0.717) is 12.0 Å². The molecule has 0 bridgehead atoms. The zero-order chi connectivity index (χ0) is 15.0. The number of hydrogen-bond donors (Lipinski definition) is 2. The van der Waals surface area contributed by atoms with Crippen molar-refractivity contribution < 1.29 is 23.4 Å². The molecule has 1 amide bonds. The number of aliphatic hydroxyl groups excluding tert-OH is 1. The topological polar surface area (TPSA) is 58.6 Å². The van der Waals surface area contributed by atoms with E-state index in [9.17, 15) is 13.6 Å². The Morgan fingerprint density at radius 1 is 1.40 bits per heavy atom. The molecule has 20 heavy (non-hydrogen) atoms. The highest BCUT2D eigenvalue weighted by Gasteiger charge is 2.06. The molecule has 0 aromatic heterocycles. The third-order valence-corrected chi connectivity index (χ3v) is 2.59. The summed E-state index contributed by atoms with van der Waals surface area (Å²) in [6.45, 7) is -1.12. The van der Waals surface area contributed by atoms with Crippen molar-refractivity contribution in [3.05, 3.63) is 35.9 Å². The summed E-state index contributed by atoms with van der Waals surface area (Å²) >= 11 is 0. The van der Waals surface area contributed by atoms with E-state index in [1.54, 1.807) is 18.2 Å². The first-order chi connectivity index (χ1) is 9.55. The number of carbonyl (C=O) groups excluding carboxylic acids is 1. The monoisotopic (exact) mass is 285 g/mol. The van der Waals surface area contributed by atoms with Crippen molar-refractivity contribution in [2.45, 2.75) is 26.0 Å². The van der Waals surface area contributed by atoms with Crippen LogP contribution in [0, 0.1) is 0 Å². The minimum absolute atomic E-state index is 0.0629. The van der Waals surface area contributed by atoms with Crippen molar-refractivity contribution in [3.63, 3.8) is 0 Å². The number of ether oxygens (including phenoxy) is 1. The van der Waals surface area contributed by atoms with Crippen LogP contribution in [0.15, 0.2) is 30.3 Å². The van der Waals surface area contributed by atoms with E-state index >= 15 is 0 Å². The Hall–Kier alpha value is -1.95. The van der Waals surface area contributed by atoms with Gasteiger partial charge in [0.05, 0.1) is 12.6 Å². The maximum Gasteiger partial charge on any atom is 0.387 e. The van der Waals surface area contributed by atoms with Crippen molar-refractivity contribution in [2.75, 3.05) is 6.61 Å². The number of nitrogens with one attached hydrogen (secondary N) is 1. The summed E-state index contributed by atoms with van der Waals surface area (Å²) in [4.78, 5) is 11.5. The maximum absolute atomic E-state index is 12.0. The fourth-order valence-corrected chi connectivity index (χ4v) is 1.46. The Morgan fingerprint density at radius 2 is 2.05 bits per heavy atom. The molecule has 2 N–H and O–H groups in total. The van der Waals surface area contributed by atoms with Crippen LogP contribution in [0.1, 0.15) is 18.9 Å². The first kappa shape index (κ1) is 16.1. The predicted octanol–water partition coefficient (Wildman–Crippen LogP) is 2.19. The normalized spacial score (nSPS) is 12.7. The lowest BCUT2D eigenvalue weighted by atomic mass is 10.2. The van der Waals surface area contributed by atoms with Crippen LogP contribution in [-0.2, 0) is 4.79 Å². The summed E-state index contributed by atoms with van der Waals surface area (Å²) in [6.07, 6.45) is 3.50. The molecule has 110 valence electrons. The van der Waals surface area contributed by atoms with Crippen LogP contribution in [0.5, 0.6) is 5.75 Å². The number of rotatable bonds is 7. The van der Waals surface area contributed by atoms with Gasteiger partial charge in [-0.25, -0.2) is 0 Å². The van der Waals surface area contributed by atoms with E-state index < -0.39 is 6.61 Å². The lowest BCUT2D eigenvalue weighted by molar-refractivity contribution is -0.117. The van der Waals surface area contributed by atoms with Crippen molar-refractivity contribution in [2.24, 2.45) is 0 Å². The van der Waals surface area contributed by atoms with Gasteiger partial charge in [-0.05, 0) is 30.2 Å². The van der Waals surface area contributed by atoms with Crippen LogP contribution in [0.3, 0.4) is 0 Å². The molecule has 1 aromatic carbocycles. The van der Waals surface area contributed by atoms with E-state index in [1.807, 2.05) is 6.92 Å². The van der Waals surface area contributed by atoms with Gasteiger partial charge in [-0.1, -0.05) is 19.1 Å². The smallest absolute Gasteiger partial charge is 0.387 e. The van der Waals surface area contributed by atoms with E-state index in [2.05, 4.69) is 10.1 Å². The molecule has 0 spiro atoms. The van der Waals surface area contributed by atoms with Gasteiger partial charge in [-0.3, -0.25) is 4.79 Å². The third-order valence-electron chi connectivity index (χ3n) is 2.59. The molecule has 0 radical (unpaired) electrons. The number of alkyl halides is 2. The SMILES string of the molecule is CCC(CO)NC(=O)/C=C/c1ccc(OC(F)F)cc1. The Bertz CT molecular complexity index is 442. The lowest BCUT2D eigenvalue weighted by Gasteiger charge is -2.11. The van der Waals surface area contributed by atoms with Gasteiger partial charge in [0.25, 0.3) is 0 Å². The minimum Gasteiger partial charge on any atom is -0.435 e. The second-order valence-corrected chi connectivity index (χ2v) is 4.08. The Kier molecular flexibility index (Phi) is 6.66. The number of aliphatic hydroxyl groups is 1. The van der Waals surface area contributed by atoms with Gasteiger partial charge in [0.1, 0.15) is 5.75 Å². The average molecular weight is 285 g/mol. The molecule has 0 aliphatic heterocycles. The average Bonchev–Trinajstić information content (AvgIpc) is 2.43. The number of hydrogen-bond acceptors (Lipinski definition) is 3. The van der Waals surface area contributed by atoms with Crippen molar-refractivity contribution >= 4 is 12.0 Å². The second-order valence-electron chi connectivity index (χ2n) is 4.08. The molecule has 0 aliphatic carbocycles. The molecular formula is C14H17F2NO3. The van der Waals surface area contributed by atoms with Gasteiger partial charge in [-0.15, -0.1) is 0 Å². The number of amides is 1. The van der Waals surface area contributed by atoms with Gasteiger partial charge in [0.2, 0.25) is 5.91 Å². The molecule has 1 atom stereocenters. The first-order valence-corrected chi connectivity index (χ1v) is 6.19. The summed E-state index contributed by atoms with van der Waals surface area (Å²) in [5.74, 6) is -0.258. The number of halogens is 2. The summed E-state index contributed by atoms with van der Waals surface area (Å²) in [6, 6.07) is 5.64. The highest BCUT2D eigenvalue weighted by atomic mass is 19.3. The van der Waals surface area contributed by atoms with Gasteiger partial charge in [0, 0.05) is 6.08 Å². The molecule has 4 nitrogen and oxygen atoms in total. The molecule has 0 aliphatic rings. The highest BCUT2D eigenvalue weighted by molar-refractivity contribution is 5.91. The van der Waals surface area contributed by atoms with Crippen LogP contribution in [0.25, 0.3) is 6.08 Å². The first-order valence-electron chi connectivity index (χ1n) is 6.19. The number of benzene rings is 1. The van der Waals surface area contributed by atoms with Crippen LogP contribution in [0.2, 0.25) is 0 Å². The largest absolute Gasteiger partial charge is 0.435 e. The molecule has 0 saturated carbocycles. The standard InChI is InChI=1S/C14H17F2NO3/c1-2-11(9-18)17-13(19)8-5-10-3-6-12(7-4-10)20-14(15)16/h3-8,11,14,18H,2,9H2,1H3,(H,17,19)/b8-5+. The molecule has 0 heterocycles. The van der Waals surface area contributed by atoms with Gasteiger partial charge in [0.15, 0.2) is 0 Å². The lowest BCUT2D eigenvalue weighted by Crippen LogP contribution is -2.35. The molecular weight excluding hydrogens is 268 g/mol. The third kappa shape index (κ3) is 5.79. The van der Waals surface area contributed by atoms with Crippen LogP contribution < -0.4 is 10.1 Å². The second kappa shape index (κ2) is 8.27. The van der Waals surface area contributed by atoms with Crippen LogP contribution in [-0.4, -0.2) is 30.3 Å². The van der Waals surface area contributed by atoms with Gasteiger partial charge in [-0.2, -0.15) is 8.78 Å². The van der Waals surface area contributed by atoms with E-state index in [4.69, 9.17) is 5.11 Å². The summed E-state index contributed by atoms with van der Waals surface area (Å²) in [5.41, 5.74) is 0.679. The van der Waals surface area contributed by atoms with E-state index in [1.165, 1.54) is 18.2 Å². The number of carbonyl (C=O) groups is 1. The quantitative estimate of drug-likeness (QED) is 0.755. The molecule has 1 rings (SSSR count). The Labute approximate surface area is 116 Å². The van der Waals surface area contributed by atoms with E-state index in [0.717, 1.165) is 0 Å². The Balaban J connectivity index is 2.55. The Morgan fingerprint density at radius 3 is 2.55 bits per heavy atom. The van der Waals surface area contributed by atoms with Gasteiger partial charge >= 0.3 is 6.61 Å². The van der Waals surface area contributed by atoms with Crippen LogP contribution >= 0.6 is 0 Å². The molecule has 6 heteroatoms. The summed E-state index contributed by atoms with van der Waals surface area (Å²) in [5, 5.41) is 11.6. The fourth-order valence-electron chi connectivity index (χ4n) is 1.46. The van der Waals surface area contributed by atoms with Crippen molar-refractivity contribution in [1.82, 2.24) is 5.32 Å². The summed E-state index contributed by atoms with van der Waals surface area (Å²) < 4.78 is 28.1. The van der Waals surface area contributed by atoms with Crippen molar-refractivity contribution in [1.29, 1.82) is 0 Å². The molecule has 1 aromatic rings. The predicted molar refractivity (Wildman–Crippen MR) is 71.4 cm³/mol. The highest BCUT2D eigenvalue weighted by Crippen LogP contribution is 2.15. The molecule has 0 saturated heterocycles. The van der Waals surface area contributed by atoms with E-state index in [-0.39, 0.29) is 24.3 Å².